The first kappa shape index (κ1) is 20.5. The Labute approximate surface area is 183 Å². The molecule has 3 aliphatic carbocycles. The van der Waals surface area contributed by atoms with Crippen molar-refractivity contribution >= 4 is 17.5 Å². The summed E-state index contributed by atoms with van der Waals surface area (Å²) in [5, 5.41) is 3.18. The van der Waals surface area contributed by atoms with Gasteiger partial charge in [0.05, 0.1) is 12.1 Å². The Balaban J connectivity index is 1.26. The lowest BCUT2D eigenvalue weighted by atomic mass is 9.45. The van der Waals surface area contributed by atoms with E-state index in [1.165, 1.54) is 19.3 Å². The minimum Gasteiger partial charge on any atom is -0.350 e. The molecule has 31 heavy (non-hydrogen) atoms. The summed E-state index contributed by atoms with van der Waals surface area (Å²) in [6.45, 7) is 6.81. The molecule has 2 unspecified atom stereocenters. The van der Waals surface area contributed by atoms with Gasteiger partial charge in [-0.25, -0.2) is 4.98 Å². The van der Waals surface area contributed by atoms with Crippen LogP contribution in [0, 0.1) is 23.2 Å². The number of hydrogen-bond acceptors (Lipinski definition) is 4. The molecule has 1 saturated heterocycles. The maximum atomic E-state index is 13.0. The topological polar surface area (TPSA) is 92.7 Å². The number of fused-ring (bicyclic) bond motifs is 3. The normalized spacial score (nSPS) is 29.1. The van der Waals surface area contributed by atoms with Crippen molar-refractivity contribution in [1.29, 1.82) is 0 Å². The molecule has 166 valence electrons. The van der Waals surface area contributed by atoms with Crippen LogP contribution in [0.3, 0.4) is 0 Å². The van der Waals surface area contributed by atoms with E-state index in [0.717, 1.165) is 18.9 Å². The highest BCUT2D eigenvalue weighted by molar-refractivity contribution is 5.93. The summed E-state index contributed by atoms with van der Waals surface area (Å²) in [6, 6.07) is 5.61. The average Bonchev–Trinajstić information content (AvgIpc) is 3.37. The van der Waals surface area contributed by atoms with Gasteiger partial charge >= 0.3 is 0 Å². The molecule has 2 aromatic heterocycles. The number of likely N-dealkylation sites (tertiary alicyclic amines) is 1. The van der Waals surface area contributed by atoms with E-state index in [1.807, 2.05) is 24.4 Å². The molecule has 2 amide bonds. The van der Waals surface area contributed by atoms with Gasteiger partial charge in [-0.2, -0.15) is 0 Å². The molecule has 0 aromatic carbocycles. The molecule has 6 rings (SSSR count). The standard InChI is InChI=1S/C24H33N5O2/c1-24(2)16-7-6-15(19(24)10-16)12-26-23(31)20-4-3-5-21-27-18(14-29(20)21)11-22(30)28-9-8-17(25)13-28/h3-5,14-17,19H,6-13,25H2,1-2H3,(H,26,31)/t15?,16-,17-,19?/m1/s1. The Morgan fingerprint density at radius 1 is 1.26 bits per heavy atom. The summed E-state index contributed by atoms with van der Waals surface area (Å²) < 4.78 is 1.80. The maximum Gasteiger partial charge on any atom is 0.268 e. The van der Waals surface area contributed by atoms with Crippen LogP contribution >= 0.6 is 0 Å². The van der Waals surface area contributed by atoms with Crippen LogP contribution in [-0.2, 0) is 11.2 Å². The molecule has 4 aliphatic rings. The number of aromatic nitrogens is 2. The summed E-state index contributed by atoms with van der Waals surface area (Å²) >= 11 is 0. The van der Waals surface area contributed by atoms with E-state index in [9.17, 15) is 9.59 Å². The molecule has 1 aliphatic heterocycles. The van der Waals surface area contributed by atoms with E-state index < -0.39 is 0 Å². The van der Waals surface area contributed by atoms with Crippen molar-refractivity contribution < 1.29 is 9.59 Å². The predicted octanol–water partition coefficient (Wildman–Crippen LogP) is 2.24. The fraction of sp³-hybridized carbons (Fsp3) is 0.625. The molecule has 0 spiro atoms. The van der Waals surface area contributed by atoms with Gasteiger partial charge in [0.25, 0.3) is 5.91 Å². The zero-order chi connectivity index (χ0) is 21.8. The van der Waals surface area contributed by atoms with Crippen LogP contribution in [-0.4, -0.2) is 51.8 Å². The maximum absolute atomic E-state index is 13.0. The number of hydrogen-bond donors (Lipinski definition) is 2. The Kier molecular flexibility index (Phi) is 5.04. The number of nitrogens with zero attached hydrogens (tertiary/aromatic N) is 3. The second-order valence-electron chi connectivity index (χ2n) is 10.3. The van der Waals surface area contributed by atoms with E-state index in [1.54, 1.807) is 9.30 Å². The molecule has 4 atom stereocenters. The van der Waals surface area contributed by atoms with Crippen LogP contribution < -0.4 is 11.1 Å². The van der Waals surface area contributed by atoms with Crippen LogP contribution in [0.25, 0.3) is 5.65 Å². The molecular weight excluding hydrogens is 390 g/mol. The van der Waals surface area contributed by atoms with Crippen molar-refractivity contribution in [2.24, 2.45) is 28.9 Å². The van der Waals surface area contributed by atoms with Gasteiger partial charge in [0.2, 0.25) is 5.91 Å². The van der Waals surface area contributed by atoms with E-state index in [2.05, 4.69) is 24.1 Å². The molecule has 2 bridgehead atoms. The fourth-order valence-electron chi connectivity index (χ4n) is 6.13. The lowest BCUT2D eigenvalue weighted by Gasteiger charge is -2.60. The highest BCUT2D eigenvalue weighted by Gasteiger charge is 2.53. The van der Waals surface area contributed by atoms with E-state index >= 15 is 0 Å². The van der Waals surface area contributed by atoms with Crippen LogP contribution in [0.4, 0.5) is 0 Å². The van der Waals surface area contributed by atoms with Gasteiger partial charge in [0, 0.05) is 31.9 Å². The third kappa shape index (κ3) is 3.63. The predicted molar refractivity (Wildman–Crippen MR) is 119 cm³/mol. The summed E-state index contributed by atoms with van der Waals surface area (Å²) in [6.07, 6.45) is 6.69. The Morgan fingerprint density at radius 3 is 2.81 bits per heavy atom. The average molecular weight is 424 g/mol. The van der Waals surface area contributed by atoms with Crippen molar-refractivity contribution in [1.82, 2.24) is 19.6 Å². The second-order valence-corrected chi connectivity index (χ2v) is 10.3. The first-order chi connectivity index (χ1) is 14.8. The molecule has 7 nitrogen and oxygen atoms in total. The van der Waals surface area contributed by atoms with Crippen molar-refractivity contribution in [2.45, 2.75) is 52.0 Å². The largest absolute Gasteiger partial charge is 0.350 e. The van der Waals surface area contributed by atoms with Crippen LogP contribution in [0.1, 0.15) is 55.7 Å². The van der Waals surface area contributed by atoms with Gasteiger partial charge in [0.1, 0.15) is 11.3 Å². The summed E-state index contributed by atoms with van der Waals surface area (Å²) in [4.78, 5) is 32.0. The molecule has 7 heteroatoms. The molecule has 0 radical (unpaired) electrons. The van der Waals surface area contributed by atoms with Crippen LogP contribution in [0.5, 0.6) is 0 Å². The Morgan fingerprint density at radius 2 is 2.10 bits per heavy atom. The number of pyridine rings is 1. The van der Waals surface area contributed by atoms with Gasteiger partial charge in [0.15, 0.2) is 0 Å². The summed E-state index contributed by atoms with van der Waals surface area (Å²) in [5.41, 5.74) is 8.27. The SMILES string of the molecule is CC1(C)C2C[C@H]1CCC2CNC(=O)c1cccc2nc(CC(=O)N3CC[C@@H](N)C3)cn12. The molecule has 4 fully saturated rings. The summed E-state index contributed by atoms with van der Waals surface area (Å²) in [7, 11) is 0. The van der Waals surface area contributed by atoms with Crippen LogP contribution in [0.15, 0.2) is 24.4 Å². The van der Waals surface area contributed by atoms with E-state index in [-0.39, 0.29) is 24.3 Å². The van der Waals surface area contributed by atoms with Crippen molar-refractivity contribution in [3.8, 4) is 0 Å². The molecule has 3 saturated carbocycles. The number of imidazole rings is 1. The molecule has 2 aromatic rings. The minimum absolute atomic E-state index is 0.0427. The van der Waals surface area contributed by atoms with Gasteiger partial charge in [-0.15, -0.1) is 0 Å². The number of amides is 2. The van der Waals surface area contributed by atoms with Crippen molar-refractivity contribution in [3.63, 3.8) is 0 Å². The number of rotatable bonds is 5. The Hall–Kier alpha value is -2.41. The van der Waals surface area contributed by atoms with Gasteiger partial charge < -0.3 is 16.0 Å². The van der Waals surface area contributed by atoms with E-state index in [0.29, 0.717) is 47.4 Å². The summed E-state index contributed by atoms with van der Waals surface area (Å²) in [5.74, 6) is 2.10. The number of carbonyl (C=O) groups excluding carboxylic acids is 2. The number of nitrogens with two attached hydrogens (primary N) is 1. The van der Waals surface area contributed by atoms with Crippen molar-refractivity contribution in [3.05, 3.63) is 35.8 Å². The quantitative estimate of drug-likeness (QED) is 0.771. The van der Waals surface area contributed by atoms with Gasteiger partial charge in [-0.3, -0.25) is 14.0 Å². The third-order valence-corrected chi connectivity index (χ3v) is 8.21. The van der Waals surface area contributed by atoms with Crippen molar-refractivity contribution in [2.75, 3.05) is 19.6 Å². The fourth-order valence-corrected chi connectivity index (χ4v) is 6.13. The number of carbonyl (C=O) groups is 2. The molecule has 3 N–H and O–H groups in total. The zero-order valence-corrected chi connectivity index (χ0v) is 18.5. The smallest absolute Gasteiger partial charge is 0.268 e. The first-order valence-electron chi connectivity index (χ1n) is 11.6. The second kappa shape index (κ2) is 7.62. The van der Waals surface area contributed by atoms with Crippen LogP contribution in [0.2, 0.25) is 0 Å². The zero-order valence-electron chi connectivity index (χ0n) is 18.5. The molecule has 3 heterocycles. The lowest BCUT2D eigenvalue weighted by Crippen LogP contribution is -2.54. The lowest BCUT2D eigenvalue weighted by molar-refractivity contribution is -0.129. The highest BCUT2D eigenvalue weighted by Crippen LogP contribution is 2.61. The van der Waals surface area contributed by atoms with E-state index in [4.69, 9.17) is 5.73 Å². The minimum atomic E-state index is -0.0781. The Bertz CT molecular complexity index is 1010. The third-order valence-electron chi connectivity index (χ3n) is 8.21. The highest BCUT2D eigenvalue weighted by atomic mass is 16.2. The monoisotopic (exact) mass is 423 g/mol. The number of nitrogens with one attached hydrogen (secondary N) is 1. The van der Waals surface area contributed by atoms with Gasteiger partial charge in [-0.05, 0) is 61.0 Å². The first-order valence-corrected chi connectivity index (χ1v) is 11.6. The van der Waals surface area contributed by atoms with Gasteiger partial charge in [-0.1, -0.05) is 19.9 Å². The molecular formula is C24H33N5O2.